The van der Waals surface area contributed by atoms with Crippen LogP contribution in [0.2, 0.25) is 0 Å². The molecule has 0 atom stereocenters. The molecule has 0 unspecified atom stereocenters. The number of benzene rings is 2. The number of furan rings is 1. The molecule has 1 aromatic heterocycles. The first-order valence-electron chi connectivity index (χ1n) is 7.23. The lowest BCUT2D eigenvalue weighted by atomic mass is 10.1. The fourth-order valence-corrected chi connectivity index (χ4v) is 2.16. The van der Waals surface area contributed by atoms with E-state index in [0.717, 1.165) is 6.07 Å². The molecule has 0 aliphatic carbocycles. The highest BCUT2D eigenvalue weighted by Crippen LogP contribution is 2.27. The lowest BCUT2D eigenvalue weighted by Crippen LogP contribution is -2.30. The normalized spacial score (nSPS) is 10.7. The molecular formula is C17H8F6N2O2. The van der Waals surface area contributed by atoms with Crippen LogP contribution in [0.5, 0.6) is 0 Å². The first kappa shape index (κ1) is 18.4. The van der Waals surface area contributed by atoms with Crippen molar-refractivity contribution in [3.63, 3.8) is 0 Å². The van der Waals surface area contributed by atoms with Crippen LogP contribution in [0.3, 0.4) is 0 Å². The van der Waals surface area contributed by atoms with Gasteiger partial charge < -0.3 is 4.42 Å². The summed E-state index contributed by atoms with van der Waals surface area (Å²) in [5.74, 6) is -13.1. The molecule has 3 rings (SSSR count). The highest BCUT2D eigenvalue weighted by Gasteiger charge is 2.26. The van der Waals surface area contributed by atoms with Gasteiger partial charge >= 0.3 is 5.91 Å². The van der Waals surface area contributed by atoms with E-state index < -0.39 is 52.3 Å². The van der Waals surface area contributed by atoms with E-state index in [1.165, 1.54) is 30.3 Å². The van der Waals surface area contributed by atoms with Gasteiger partial charge in [-0.25, -0.2) is 26.3 Å². The SMILES string of the molecule is O=C(NNc1c(F)c(F)c(F)c(F)c1F)c1ccc(-c2ccccc2F)o1. The van der Waals surface area contributed by atoms with E-state index in [1.54, 1.807) is 10.9 Å². The Morgan fingerprint density at radius 2 is 1.37 bits per heavy atom. The molecule has 0 fully saturated rings. The monoisotopic (exact) mass is 386 g/mol. The third-order valence-corrected chi connectivity index (χ3v) is 3.48. The molecule has 27 heavy (non-hydrogen) atoms. The first-order valence-corrected chi connectivity index (χ1v) is 7.23. The predicted molar refractivity (Wildman–Crippen MR) is 81.4 cm³/mol. The van der Waals surface area contributed by atoms with Crippen LogP contribution in [0, 0.1) is 34.9 Å². The molecule has 140 valence electrons. The first-order chi connectivity index (χ1) is 12.8. The van der Waals surface area contributed by atoms with Crippen LogP contribution in [0.1, 0.15) is 10.6 Å². The van der Waals surface area contributed by atoms with Crippen LogP contribution < -0.4 is 10.9 Å². The standard InChI is InChI=1S/C17H8F6N2O2/c18-8-4-2-1-3-7(8)9-5-6-10(27-9)17(26)25-24-16-14(22)12(20)11(19)13(21)15(16)23/h1-6,24H,(H,25,26). The molecule has 10 heteroatoms. The molecule has 2 aromatic carbocycles. The molecule has 1 amide bonds. The van der Waals surface area contributed by atoms with Gasteiger partial charge in [0.1, 0.15) is 17.3 Å². The highest BCUT2D eigenvalue weighted by atomic mass is 19.2. The van der Waals surface area contributed by atoms with Gasteiger partial charge in [-0.1, -0.05) is 12.1 Å². The van der Waals surface area contributed by atoms with Crippen LogP contribution >= 0.6 is 0 Å². The van der Waals surface area contributed by atoms with Crippen LogP contribution in [0.4, 0.5) is 32.0 Å². The Bertz CT molecular complexity index is 1010. The van der Waals surface area contributed by atoms with E-state index in [2.05, 4.69) is 0 Å². The van der Waals surface area contributed by atoms with Gasteiger partial charge in [-0.3, -0.25) is 15.6 Å². The Labute approximate surface area is 147 Å². The van der Waals surface area contributed by atoms with Crippen molar-refractivity contribution in [2.24, 2.45) is 0 Å². The van der Waals surface area contributed by atoms with Gasteiger partial charge in [0.15, 0.2) is 29.0 Å². The molecule has 0 bridgehead atoms. The van der Waals surface area contributed by atoms with Crippen LogP contribution in [-0.4, -0.2) is 5.91 Å². The fraction of sp³-hybridized carbons (Fsp3) is 0. The smallest absolute Gasteiger partial charge is 0.305 e. The lowest BCUT2D eigenvalue weighted by Gasteiger charge is -2.11. The van der Waals surface area contributed by atoms with Gasteiger partial charge in [0.05, 0.1) is 5.56 Å². The van der Waals surface area contributed by atoms with Crippen LogP contribution in [0.15, 0.2) is 40.8 Å². The van der Waals surface area contributed by atoms with Gasteiger partial charge in [-0.2, -0.15) is 0 Å². The molecule has 0 spiro atoms. The zero-order valence-corrected chi connectivity index (χ0v) is 13.0. The Hall–Kier alpha value is -3.43. The van der Waals surface area contributed by atoms with Gasteiger partial charge in [-0.15, -0.1) is 0 Å². The minimum Gasteiger partial charge on any atom is -0.451 e. The Balaban J connectivity index is 1.79. The summed E-state index contributed by atoms with van der Waals surface area (Å²) in [6.45, 7) is 0. The van der Waals surface area contributed by atoms with E-state index in [4.69, 9.17) is 4.42 Å². The maximum absolute atomic E-state index is 13.7. The molecule has 0 aliphatic rings. The number of hydrogen-bond acceptors (Lipinski definition) is 3. The largest absolute Gasteiger partial charge is 0.451 e. The number of carbonyl (C=O) groups excluding carboxylic acids is 1. The van der Waals surface area contributed by atoms with Crippen molar-refractivity contribution >= 4 is 11.6 Å². The number of nitrogens with one attached hydrogen (secondary N) is 2. The Morgan fingerprint density at radius 1 is 0.778 bits per heavy atom. The lowest BCUT2D eigenvalue weighted by molar-refractivity contribution is 0.0935. The van der Waals surface area contributed by atoms with E-state index in [-0.39, 0.29) is 11.3 Å². The van der Waals surface area contributed by atoms with Crippen LogP contribution in [0.25, 0.3) is 11.3 Å². The fourth-order valence-electron chi connectivity index (χ4n) is 2.16. The van der Waals surface area contributed by atoms with Gasteiger partial charge in [-0.05, 0) is 24.3 Å². The van der Waals surface area contributed by atoms with Crippen molar-refractivity contribution < 1.29 is 35.6 Å². The molecule has 2 N–H and O–H groups in total. The average molecular weight is 386 g/mol. The third-order valence-electron chi connectivity index (χ3n) is 3.48. The zero-order valence-electron chi connectivity index (χ0n) is 13.0. The summed E-state index contributed by atoms with van der Waals surface area (Å²) < 4.78 is 85.1. The third kappa shape index (κ3) is 3.33. The van der Waals surface area contributed by atoms with Crippen molar-refractivity contribution in [2.75, 3.05) is 5.43 Å². The Kier molecular flexibility index (Phi) is 4.80. The molecule has 0 aliphatic heterocycles. The average Bonchev–Trinajstić information content (AvgIpc) is 3.15. The van der Waals surface area contributed by atoms with E-state index in [0.29, 0.717) is 0 Å². The molecule has 1 heterocycles. The second-order valence-electron chi connectivity index (χ2n) is 5.17. The highest BCUT2D eigenvalue weighted by molar-refractivity contribution is 5.92. The van der Waals surface area contributed by atoms with Crippen molar-refractivity contribution in [3.05, 3.63) is 77.1 Å². The number of carbonyl (C=O) groups is 1. The zero-order chi connectivity index (χ0) is 19.7. The van der Waals surface area contributed by atoms with E-state index in [9.17, 15) is 31.1 Å². The summed E-state index contributed by atoms with van der Waals surface area (Å²) in [5.41, 5.74) is 1.97. The minimum atomic E-state index is -2.33. The number of hydrogen-bond donors (Lipinski definition) is 2. The molecule has 3 aromatic rings. The summed E-state index contributed by atoms with van der Waals surface area (Å²) >= 11 is 0. The molecule has 0 saturated carbocycles. The molecule has 4 nitrogen and oxygen atoms in total. The second kappa shape index (κ2) is 7.06. The summed E-state index contributed by atoms with van der Waals surface area (Å²) in [4.78, 5) is 11.9. The summed E-state index contributed by atoms with van der Waals surface area (Å²) in [5, 5.41) is 0. The summed E-state index contributed by atoms with van der Waals surface area (Å²) in [6.07, 6.45) is 0. The number of anilines is 1. The molecular weight excluding hydrogens is 378 g/mol. The maximum Gasteiger partial charge on any atom is 0.305 e. The minimum absolute atomic E-state index is 0.00511. The van der Waals surface area contributed by atoms with Gasteiger partial charge in [0.25, 0.3) is 0 Å². The second-order valence-corrected chi connectivity index (χ2v) is 5.17. The number of hydrazine groups is 1. The van der Waals surface area contributed by atoms with Crippen molar-refractivity contribution in [2.45, 2.75) is 0 Å². The van der Waals surface area contributed by atoms with Gasteiger partial charge in [0, 0.05) is 0 Å². The summed E-state index contributed by atoms with van der Waals surface area (Å²) in [6, 6.07) is 7.95. The van der Waals surface area contributed by atoms with Crippen LogP contribution in [-0.2, 0) is 0 Å². The van der Waals surface area contributed by atoms with Gasteiger partial charge in [0.2, 0.25) is 5.82 Å². The maximum atomic E-state index is 13.7. The number of amides is 1. The molecule has 0 radical (unpaired) electrons. The number of rotatable bonds is 4. The predicted octanol–water partition coefficient (Wildman–Crippen LogP) is 4.54. The van der Waals surface area contributed by atoms with Crippen molar-refractivity contribution in [1.29, 1.82) is 0 Å². The quantitative estimate of drug-likeness (QED) is 0.300. The topological polar surface area (TPSA) is 54.3 Å². The van der Waals surface area contributed by atoms with E-state index >= 15 is 0 Å². The molecule has 0 saturated heterocycles. The van der Waals surface area contributed by atoms with Crippen molar-refractivity contribution in [3.8, 4) is 11.3 Å². The summed E-state index contributed by atoms with van der Waals surface area (Å²) in [7, 11) is 0. The number of halogens is 6. The van der Waals surface area contributed by atoms with Crippen molar-refractivity contribution in [1.82, 2.24) is 5.43 Å². The Morgan fingerprint density at radius 3 is 2.00 bits per heavy atom. The van der Waals surface area contributed by atoms with E-state index in [1.807, 2.05) is 0 Å².